The van der Waals surface area contributed by atoms with Crippen molar-refractivity contribution in [2.75, 3.05) is 38.2 Å². The van der Waals surface area contributed by atoms with Crippen LogP contribution in [0.5, 0.6) is 5.75 Å². The second-order valence-electron chi connectivity index (χ2n) is 6.83. The SMILES string of the molecule is COc1ccc(N2CCN(S(=O)(=O)c3ccsc3C(=O)NC(C)C)CC2)cc1. The number of sulfonamides is 1. The number of thiophene rings is 1. The monoisotopic (exact) mass is 423 g/mol. The summed E-state index contributed by atoms with van der Waals surface area (Å²) in [6.45, 7) is 5.60. The first kappa shape index (κ1) is 20.6. The molecule has 0 aliphatic carbocycles. The lowest BCUT2D eigenvalue weighted by atomic mass is 10.2. The standard InChI is InChI=1S/C19H25N3O4S2/c1-14(2)20-19(23)18-17(8-13-27-18)28(24,25)22-11-9-21(10-12-22)15-4-6-16(26-3)7-5-15/h4-8,13-14H,9-12H2,1-3H3,(H,20,23). The van der Waals surface area contributed by atoms with Crippen LogP contribution in [-0.4, -0.2) is 58.0 Å². The summed E-state index contributed by atoms with van der Waals surface area (Å²) < 4.78 is 32.8. The van der Waals surface area contributed by atoms with Gasteiger partial charge in [-0.2, -0.15) is 4.31 Å². The predicted octanol–water partition coefficient (Wildman–Crippen LogP) is 2.41. The van der Waals surface area contributed by atoms with E-state index >= 15 is 0 Å². The van der Waals surface area contributed by atoms with Gasteiger partial charge in [-0.1, -0.05) is 0 Å². The first-order valence-corrected chi connectivity index (χ1v) is 11.4. The molecule has 9 heteroatoms. The van der Waals surface area contributed by atoms with Gasteiger partial charge < -0.3 is 15.0 Å². The molecule has 1 aromatic carbocycles. The van der Waals surface area contributed by atoms with E-state index in [4.69, 9.17) is 4.74 Å². The summed E-state index contributed by atoms with van der Waals surface area (Å²) in [4.78, 5) is 14.8. The molecule has 2 aromatic rings. The lowest BCUT2D eigenvalue weighted by Crippen LogP contribution is -2.48. The van der Waals surface area contributed by atoms with Gasteiger partial charge in [0.25, 0.3) is 5.91 Å². The minimum absolute atomic E-state index is 0.0572. The summed E-state index contributed by atoms with van der Waals surface area (Å²) in [5, 5.41) is 4.42. The van der Waals surface area contributed by atoms with Gasteiger partial charge in [0.1, 0.15) is 15.5 Å². The van der Waals surface area contributed by atoms with E-state index in [1.165, 1.54) is 10.4 Å². The second kappa shape index (κ2) is 8.50. The summed E-state index contributed by atoms with van der Waals surface area (Å²) in [6, 6.07) is 9.18. The van der Waals surface area contributed by atoms with Crippen LogP contribution in [0.4, 0.5) is 5.69 Å². The molecule has 152 valence electrons. The summed E-state index contributed by atoms with van der Waals surface area (Å²) >= 11 is 1.15. The van der Waals surface area contributed by atoms with Gasteiger partial charge in [0.15, 0.2) is 0 Å². The number of nitrogens with zero attached hydrogens (tertiary/aromatic N) is 2. The van der Waals surface area contributed by atoms with Crippen molar-refractivity contribution in [2.24, 2.45) is 0 Å². The Kier molecular flexibility index (Phi) is 6.26. The van der Waals surface area contributed by atoms with E-state index in [-0.39, 0.29) is 21.7 Å². The number of methoxy groups -OCH3 is 1. The lowest BCUT2D eigenvalue weighted by molar-refractivity contribution is 0.0944. The highest BCUT2D eigenvalue weighted by molar-refractivity contribution is 7.89. The van der Waals surface area contributed by atoms with Gasteiger partial charge in [-0.3, -0.25) is 4.79 Å². The van der Waals surface area contributed by atoms with Crippen LogP contribution in [0.1, 0.15) is 23.5 Å². The molecular weight excluding hydrogens is 398 g/mol. The van der Waals surface area contributed by atoms with Crippen molar-refractivity contribution in [3.63, 3.8) is 0 Å². The van der Waals surface area contributed by atoms with Crippen LogP contribution in [0, 0.1) is 0 Å². The van der Waals surface area contributed by atoms with E-state index in [0.717, 1.165) is 22.8 Å². The predicted molar refractivity (Wildman–Crippen MR) is 111 cm³/mol. The quantitative estimate of drug-likeness (QED) is 0.772. The average molecular weight is 424 g/mol. The number of hydrogen-bond acceptors (Lipinski definition) is 6. The number of carbonyl (C=O) groups excluding carboxylic acids is 1. The number of ether oxygens (including phenoxy) is 1. The topological polar surface area (TPSA) is 79.0 Å². The number of anilines is 1. The van der Waals surface area contributed by atoms with Crippen LogP contribution in [0.2, 0.25) is 0 Å². The molecule has 0 saturated carbocycles. The van der Waals surface area contributed by atoms with E-state index < -0.39 is 10.0 Å². The molecule has 1 saturated heterocycles. The Balaban J connectivity index is 1.71. The van der Waals surface area contributed by atoms with Gasteiger partial charge in [0.2, 0.25) is 10.0 Å². The third kappa shape index (κ3) is 4.31. The molecule has 1 amide bonds. The molecule has 0 bridgehead atoms. The van der Waals surface area contributed by atoms with Crippen molar-refractivity contribution in [2.45, 2.75) is 24.8 Å². The number of amides is 1. The highest BCUT2D eigenvalue weighted by Gasteiger charge is 2.32. The molecule has 0 unspecified atom stereocenters. The maximum absolute atomic E-state index is 13.1. The first-order chi connectivity index (χ1) is 13.3. The van der Waals surface area contributed by atoms with E-state index in [1.807, 2.05) is 38.1 Å². The van der Waals surface area contributed by atoms with Crippen molar-refractivity contribution in [3.8, 4) is 5.75 Å². The second-order valence-corrected chi connectivity index (χ2v) is 9.65. The third-order valence-corrected chi connectivity index (χ3v) is 7.53. The van der Waals surface area contributed by atoms with Gasteiger partial charge in [-0.15, -0.1) is 11.3 Å². The van der Waals surface area contributed by atoms with Crippen LogP contribution in [0.3, 0.4) is 0 Å². The molecule has 1 aliphatic heterocycles. The highest BCUT2D eigenvalue weighted by Crippen LogP contribution is 2.27. The zero-order chi connectivity index (χ0) is 20.3. The van der Waals surface area contributed by atoms with Crippen LogP contribution in [-0.2, 0) is 10.0 Å². The van der Waals surface area contributed by atoms with Crippen LogP contribution in [0.25, 0.3) is 0 Å². The highest BCUT2D eigenvalue weighted by atomic mass is 32.2. The number of carbonyl (C=O) groups is 1. The lowest BCUT2D eigenvalue weighted by Gasteiger charge is -2.35. The largest absolute Gasteiger partial charge is 0.497 e. The molecule has 1 fully saturated rings. The first-order valence-electron chi connectivity index (χ1n) is 9.10. The van der Waals surface area contributed by atoms with Crippen molar-refractivity contribution in [1.29, 1.82) is 0 Å². The fourth-order valence-corrected chi connectivity index (χ4v) is 5.84. The third-order valence-electron chi connectivity index (χ3n) is 4.55. The number of nitrogens with one attached hydrogen (secondary N) is 1. The van der Waals surface area contributed by atoms with E-state index in [9.17, 15) is 13.2 Å². The van der Waals surface area contributed by atoms with Gasteiger partial charge in [0, 0.05) is 37.9 Å². The number of hydrogen-bond donors (Lipinski definition) is 1. The summed E-state index contributed by atoms with van der Waals surface area (Å²) in [7, 11) is -2.09. The molecule has 2 heterocycles. The molecule has 0 atom stereocenters. The van der Waals surface area contributed by atoms with Crippen molar-refractivity contribution >= 4 is 33.0 Å². The molecule has 0 spiro atoms. The van der Waals surface area contributed by atoms with Crippen LogP contribution < -0.4 is 15.0 Å². The summed E-state index contributed by atoms with van der Waals surface area (Å²) in [5.41, 5.74) is 1.03. The molecule has 3 rings (SSSR count). The number of benzene rings is 1. The van der Waals surface area contributed by atoms with Crippen LogP contribution in [0.15, 0.2) is 40.6 Å². The van der Waals surface area contributed by atoms with Crippen molar-refractivity contribution < 1.29 is 17.9 Å². The summed E-state index contributed by atoms with van der Waals surface area (Å²) in [6.07, 6.45) is 0. The van der Waals surface area contributed by atoms with Gasteiger partial charge in [0.05, 0.1) is 7.11 Å². The van der Waals surface area contributed by atoms with Crippen LogP contribution >= 0.6 is 11.3 Å². The maximum atomic E-state index is 13.1. The molecule has 7 nitrogen and oxygen atoms in total. The van der Waals surface area contributed by atoms with E-state index in [1.54, 1.807) is 12.5 Å². The number of rotatable bonds is 6. The maximum Gasteiger partial charge on any atom is 0.262 e. The normalized spacial score (nSPS) is 15.6. The van der Waals surface area contributed by atoms with E-state index in [0.29, 0.717) is 26.2 Å². The molecular formula is C19H25N3O4S2. The van der Waals surface area contributed by atoms with Gasteiger partial charge in [-0.05, 0) is 49.6 Å². The smallest absolute Gasteiger partial charge is 0.262 e. The Morgan fingerprint density at radius 1 is 1.11 bits per heavy atom. The van der Waals surface area contributed by atoms with Gasteiger partial charge in [-0.25, -0.2) is 8.42 Å². The van der Waals surface area contributed by atoms with Crippen molar-refractivity contribution in [3.05, 3.63) is 40.6 Å². The Morgan fingerprint density at radius 3 is 2.32 bits per heavy atom. The van der Waals surface area contributed by atoms with Crippen molar-refractivity contribution in [1.82, 2.24) is 9.62 Å². The average Bonchev–Trinajstić information content (AvgIpc) is 3.19. The molecule has 0 radical (unpaired) electrons. The Labute approximate surface area is 170 Å². The molecule has 1 aliphatic rings. The Hall–Kier alpha value is -2.10. The summed E-state index contributed by atoms with van der Waals surface area (Å²) in [5.74, 6) is 0.440. The minimum atomic E-state index is -3.71. The molecule has 28 heavy (non-hydrogen) atoms. The molecule has 1 N–H and O–H groups in total. The Morgan fingerprint density at radius 2 is 1.75 bits per heavy atom. The zero-order valence-corrected chi connectivity index (χ0v) is 17.8. The van der Waals surface area contributed by atoms with Gasteiger partial charge >= 0.3 is 0 Å². The minimum Gasteiger partial charge on any atom is -0.497 e. The fourth-order valence-electron chi connectivity index (χ4n) is 3.11. The fraction of sp³-hybridized carbons (Fsp3) is 0.421. The zero-order valence-electron chi connectivity index (χ0n) is 16.2. The van der Waals surface area contributed by atoms with E-state index in [2.05, 4.69) is 10.2 Å². The number of piperazine rings is 1. The Bertz CT molecular complexity index is 915. The molecule has 1 aromatic heterocycles.